The van der Waals surface area contributed by atoms with Crippen LogP contribution in [-0.2, 0) is 5.54 Å². The highest BCUT2D eigenvalue weighted by molar-refractivity contribution is 5.54. The van der Waals surface area contributed by atoms with Gasteiger partial charge < -0.3 is 15.2 Å². The van der Waals surface area contributed by atoms with E-state index in [1.807, 2.05) is 18.2 Å². The summed E-state index contributed by atoms with van der Waals surface area (Å²) in [6, 6.07) is 22.6. The molecule has 3 rings (SSSR count). The molecule has 26 heavy (non-hydrogen) atoms. The Balaban J connectivity index is 2.24. The summed E-state index contributed by atoms with van der Waals surface area (Å²) < 4.78 is 10.9. The third-order valence-corrected chi connectivity index (χ3v) is 4.85. The molecule has 0 unspecified atom stereocenters. The first kappa shape index (κ1) is 18.0. The molecular formula is C23H25NO2. The van der Waals surface area contributed by atoms with E-state index in [4.69, 9.17) is 15.2 Å². The molecule has 0 saturated carbocycles. The minimum atomic E-state index is -0.791. The highest BCUT2D eigenvalue weighted by Crippen LogP contribution is 2.38. The molecule has 0 amide bonds. The lowest BCUT2D eigenvalue weighted by Crippen LogP contribution is -2.39. The maximum Gasteiger partial charge on any atom is 0.161 e. The van der Waals surface area contributed by atoms with E-state index in [9.17, 15) is 0 Å². The first-order valence-corrected chi connectivity index (χ1v) is 8.64. The Morgan fingerprint density at radius 1 is 0.615 bits per heavy atom. The van der Waals surface area contributed by atoms with E-state index >= 15 is 0 Å². The van der Waals surface area contributed by atoms with Gasteiger partial charge >= 0.3 is 0 Å². The summed E-state index contributed by atoms with van der Waals surface area (Å²) in [4.78, 5) is 0. The maximum atomic E-state index is 7.08. The van der Waals surface area contributed by atoms with Gasteiger partial charge in [0, 0.05) is 0 Å². The molecule has 134 valence electrons. The molecule has 0 aliphatic heterocycles. The fourth-order valence-electron chi connectivity index (χ4n) is 3.21. The van der Waals surface area contributed by atoms with E-state index in [2.05, 4.69) is 62.4 Å². The number of hydrogen-bond acceptors (Lipinski definition) is 3. The largest absolute Gasteiger partial charge is 0.493 e. The third-order valence-electron chi connectivity index (χ3n) is 4.85. The van der Waals surface area contributed by atoms with Crippen LogP contribution in [0.25, 0.3) is 0 Å². The third kappa shape index (κ3) is 3.18. The smallest absolute Gasteiger partial charge is 0.161 e. The Labute approximate surface area is 155 Å². The second-order valence-corrected chi connectivity index (χ2v) is 6.61. The molecule has 2 N–H and O–H groups in total. The molecule has 0 radical (unpaired) electrons. The van der Waals surface area contributed by atoms with E-state index in [0.717, 1.165) is 16.7 Å². The van der Waals surface area contributed by atoms with Crippen LogP contribution >= 0.6 is 0 Å². The van der Waals surface area contributed by atoms with Gasteiger partial charge in [-0.2, -0.15) is 0 Å². The van der Waals surface area contributed by atoms with E-state index in [-0.39, 0.29) is 0 Å². The molecule has 3 heteroatoms. The second-order valence-electron chi connectivity index (χ2n) is 6.61. The Kier molecular flexibility index (Phi) is 5.01. The molecule has 0 spiro atoms. The molecule has 3 nitrogen and oxygen atoms in total. The van der Waals surface area contributed by atoms with Gasteiger partial charge in [-0.3, -0.25) is 0 Å². The van der Waals surface area contributed by atoms with Crippen LogP contribution in [-0.4, -0.2) is 14.2 Å². The SMILES string of the molecule is COc1ccc(C(N)(c2ccc(C)cc2)c2ccc(C)cc2)cc1OC. The van der Waals surface area contributed by atoms with Gasteiger partial charge in [0.15, 0.2) is 11.5 Å². The van der Waals surface area contributed by atoms with E-state index < -0.39 is 5.54 Å². The van der Waals surface area contributed by atoms with Crippen molar-refractivity contribution in [3.8, 4) is 11.5 Å². The standard InChI is InChI=1S/C23H25NO2/c1-16-5-9-18(10-6-16)23(24,19-11-7-17(2)8-12-19)20-13-14-21(25-3)22(15-20)26-4/h5-15H,24H2,1-4H3. The molecule has 0 aliphatic carbocycles. The van der Waals surface area contributed by atoms with E-state index in [1.54, 1.807) is 14.2 Å². The van der Waals surface area contributed by atoms with Crippen LogP contribution in [0.15, 0.2) is 66.7 Å². The van der Waals surface area contributed by atoms with Crippen molar-refractivity contribution in [3.05, 3.63) is 94.5 Å². The predicted octanol–water partition coefficient (Wildman–Crippen LogP) is 4.57. The highest BCUT2D eigenvalue weighted by Gasteiger charge is 2.32. The van der Waals surface area contributed by atoms with Gasteiger partial charge in [-0.1, -0.05) is 65.7 Å². The van der Waals surface area contributed by atoms with Gasteiger partial charge in [-0.25, -0.2) is 0 Å². The van der Waals surface area contributed by atoms with Gasteiger partial charge in [0.05, 0.1) is 19.8 Å². The van der Waals surface area contributed by atoms with E-state index in [1.165, 1.54) is 11.1 Å². The topological polar surface area (TPSA) is 44.5 Å². The van der Waals surface area contributed by atoms with Crippen molar-refractivity contribution in [2.24, 2.45) is 5.73 Å². The Morgan fingerprint density at radius 3 is 1.46 bits per heavy atom. The molecular weight excluding hydrogens is 322 g/mol. The van der Waals surface area contributed by atoms with Gasteiger partial charge in [0.2, 0.25) is 0 Å². The van der Waals surface area contributed by atoms with Crippen molar-refractivity contribution in [2.75, 3.05) is 14.2 Å². The average Bonchev–Trinajstić information content (AvgIpc) is 2.68. The molecule has 0 heterocycles. The summed E-state index contributed by atoms with van der Waals surface area (Å²) in [5, 5.41) is 0. The van der Waals surface area contributed by atoms with Crippen molar-refractivity contribution in [2.45, 2.75) is 19.4 Å². The molecule has 0 saturated heterocycles. The van der Waals surface area contributed by atoms with Crippen molar-refractivity contribution >= 4 is 0 Å². The average molecular weight is 347 g/mol. The summed E-state index contributed by atoms with van der Waals surface area (Å²) >= 11 is 0. The Hall–Kier alpha value is -2.78. The number of methoxy groups -OCH3 is 2. The van der Waals surface area contributed by atoms with Crippen LogP contribution in [0.2, 0.25) is 0 Å². The normalized spacial score (nSPS) is 11.3. The lowest BCUT2D eigenvalue weighted by Gasteiger charge is -2.32. The van der Waals surface area contributed by atoms with Gasteiger partial charge in [0.25, 0.3) is 0 Å². The second kappa shape index (κ2) is 7.22. The zero-order valence-corrected chi connectivity index (χ0v) is 15.7. The van der Waals surface area contributed by atoms with Crippen LogP contribution < -0.4 is 15.2 Å². The fourth-order valence-corrected chi connectivity index (χ4v) is 3.21. The van der Waals surface area contributed by atoms with Crippen LogP contribution in [0.1, 0.15) is 27.8 Å². The maximum absolute atomic E-state index is 7.08. The summed E-state index contributed by atoms with van der Waals surface area (Å²) in [7, 11) is 3.27. The highest BCUT2D eigenvalue weighted by atomic mass is 16.5. The van der Waals surface area contributed by atoms with Crippen molar-refractivity contribution in [1.29, 1.82) is 0 Å². The zero-order valence-electron chi connectivity index (χ0n) is 15.7. The molecule has 0 aromatic heterocycles. The van der Waals surface area contributed by atoms with Crippen molar-refractivity contribution in [1.82, 2.24) is 0 Å². The Morgan fingerprint density at radius 2 is 1.04 bits per heavy atom. The van der Waals surface area contributed by atoms with Crippen LogP contribution in [0.4, 0.5) is 0 Å². The number of benzene rings is 3. The lowest BCUT2D eigenvalue weighted by atomic mass is 9.77. The van der Waals surface area contributed by atoms with Gasteiger partial charge in [0.1, 0.15) is 0 Å². The number of rotatable bonds is 5. The summed E-state index contributed by atoms with van der Waals surface area (Å²) in [5.74, 6) is 1.35. The number of nitrogens with two attached hydrogens (primary N) is 1. The minimum absolute atomic E-state index is 0.666. The van der Waals surface area contributed by atoms with Gasteiger partial charge in [-0.15, -0.1) is 0 Å². The Bertz CT molecular complexity index is 838. The molecule has 0 bridgehead atoms. The molecule has 0 atom stereocenters. The quantitative estimate of drug-likeness (QED) is 0.688. The number of aryl methyl sites for hydroxylation is 2. The lowest BCUT2D eigenvalue weighted by molar-refractivity contribution is 0.354. The zero-order chi connectivity index (χ0) is 18.7. The van der Waals surface area contributed by atoms with Crippen molar-refractivity contribution < 1.29 is 9.47 Å². The van der Waals surface area contributed by atoms with Crippen LogP contribution in [0.3, 0.4) is 0 Å². The summed E-state index contributed by atoms with van der Waals surface area (Å²) in [6.07, 6.45) is 0. The van der Waals surface area contributed by atoms with Crippen LogP contribution in [0, 0.1) is 13.8 Å². The summed E-state index contributed by atoms with van der Waals surface area (Å²) in [5.41, 5.74) is 11.7. The fraction of sp³-hybridized carbons (Fsp3) is 0.217. The first-order chi connectivity index (χ1) is 12.5. The first-order valence-electron chi connectivity index (χ1n) is 8.64. The molecule has 3 aromatic carbocycles. The van der Waals surface area contributed by atoms with Gasteiger partial charge in [-0.05, 0) is 42.7 Å². The molecule has 0 fully saturated rings. The van der Waals surface area contributed by atoms with Crippen molar-refractivity contribution in [3.63, 3.8) is 0 Å². The van der Waals surface area contributed by atoms with E-state index in [0.29, 0.717) is 11.5 Å². The monoisotopic (exact) mass is 347 g/mol. The number of hydrogen-bond donors (Lipinski definition) is 1. The summed E-state index contributed by atoms with van der Waals surface area (Å²) in [6.45, 7) is 4.15. The predicted molar refractivity (Wildman–Crippen MR) is 106 cm³/mol. The minimum Gasteiger partial charge on any atom is -0.493 e. The van der Waals surface area contributed by atoms with Crippen LogP contribution in [0.5, 0.6) is 11.5 Å². The molecule has 3 aromatic rings. The number of ether oxygens (including phenoxy) is 2. The molecule has 0 aliphatic rings.